The molecule has 0 atom stereocenters. The highest BCUT2D eigenvalue weighted by atomic mass is 16.5. The van der Waals surface area contributed by atoms with Gasteiger partial charge in [-0.3, -0.25) is 9.69 Å². The number of amides is 3. The number of nitrogens with one attached hydrogen (secondary N) is 1. The Morgan fingerprint density at radius 1 is 1.16 bits per heavy atom. The molecule has 9 heteroatoms. The van der Waals surface area contributed by atoms with Crippen molar-refractivity contribution < 1.29 is 14.3 Å². The fourth-order valence-electron chi connectivity index (χ4n) is 6.44. The summed E-state index contributed by atoms with van der Waals surface area (Å²) in [5, 5.41) is 2.82. The Labute approximate surface area is 219 Å². The third kappa shape index (κ3) is 4.77. The van der Waals surface area contributed by atoms with E-state index in [4.69, 9.17) is 4.74 Å². The average molecular weight is 507 g/mol. The molecule has 2 saturated carbocycles. The molecule has 9 nitrogen and oxygen atoms in total. The van der Waals surface area contributed by atoms with Crippen LogP contribution in [0.25, 0.3) is 0 Å². The van der Waals surface area contributed by atoms with E-state index in [-0.39, 0.29) is 29.6 Å². The lowest BCUT2D eigenvalue weighted by Crippen LogP contribution is -2.56. The standard InChI is InChI=1S/C28H38N6O3/c1-32(2)28(22-10-5-4-6-11-22)14-12-27(13-15-28)19-33(26(36)34(27)17-21-8-7-9-21)18-24(35)31-23-16-29-20-30-25(23)37-3/h4-6,10-11,16,20-21H,7-9,12-15,17-19H2,1-3H3,(H,31,35)/t27-,28-. The van der Waals surface area contributed by atoms with Crippen molar-refractivity contribution in [1.82, 2.24) is 24.7 Å². The van der Waals surface area contributed by atoms with Crippen LogP contribution in [0.2, 0.25) is 0 Å². The molecule has 198 valence electrons. The van der Waals surface area contributed by atoms with Crippen molar-refractivity contribution in [2.24, 2.45) is 5.92 Å². The summed E-state index contributed by atoms with van der Waals surface area (Å²) in [6, 6.07) is 10.7. The van der Waals surface area contributed by atoms with Crippen LogP contribution < -0.4 is 10.1 Å². The van der Waals surface area contributed by atoms with Crippen LogP contribution in [0.15, 0.2) is 42.9 Å². The summed E-state index contributed by atoms with van der Waals surface area (Å²) in [4.78, 5) is 40.9. The summed E-state index contributed by atoms with van der Waals surface area (Å²) in [6.07, 6.45) is 10.2. The second-order valence-electron chi connectivity index (χ2n) is 11.1. The lowest BCUT2D eigenvalue weighted by molar-refractivity contribution is -0.116. The fraction of sp³-hybridized carbons (Fsp3) is 0.571. The maximum Gasteiger partial charge on any atom is 0.321 e. The molecule has 37 heavy (non-hydrogen) atoms. The van der Waals surface area contributed by atoms with E-state index < -0.39 is 0 Å². The molecule has 1 aliphatic heterocycles. The van der Waals surface area contributed by atoms with Gasteiger partial charge in [0.25, 0.3) is 0 Å². The number of rotatable bonds is 8. The van der Waals surface area contributed by atoms with Gasteiger partial charge in [0.05, 0.1) is 18.8 Å². The molecule has 5 rings (SSSR count). The van der Waals surface area contributed by atoms with E-state index in [2.05, 4.69) is 69.5 Å². The van der Waals surface area contributed by atoms with Crippen LogP contribution in [0, 0.1) is 5.92 Å². The second-order valence-corrected chi connectivity index (χ2v) is 11.1. The number of carbonyl (C=O) groups excluding carboxylic acids is 2. The summed E-state index contributed by atoms with van der Waals surface area (Å²) in [5.74, 6) is 0.590. The lowest BCUT2D eigenvalue weighted by Gasteiger charge is -2.51. The first-order valence-corrected chi connectivity index (χ1v) is 13.3. The molecule has 3 aliphatic rings. The van der Waals surface area contributed by atoms with E-state index in [1.54, 1.807) is 4.90 Å². The van der Waals surface area contributed by atoms with Gasteiger partial charge in [-0.25, -0.2) is 9.78 Å². The van der Waals surface area contributed by atoms with Crippen molar-refractivity contribution in [1.29, 1.82) is 0 Å². The number of benzene rings is 1. The van der Waals surface area contributed by atoms with Crippen molar-refractivity contribution in [3.05, 3.63) is 48.4 Å². The minimum Gasteiger partial charge on any atom is -0.479 e. The van der Waals surface area contributed by atoms with Gasteiger partial charge >= 0.3 is 6.03 Å². The first-order chi connectivity index (χ1) is 17.9. The lowest BCUT2D eigenvalue weighted by atomic mass is 9.68. The van der Waals surface area contributed by atoms with E-state index in [0.29, 0.717) is 24.0 Å². The van der Waals surface area contributed by atoms with Gasteiger partial charge in [-0.05, 0) is 64.1 Å². The van der Waals surface area contributed by atoms with E-state index in [9.17, 15) is 9.59 Å². The maximum absolute atomic E-state index is 13.7. The Morgan fingerprint density at radius 2 is 1.89 bits per heavy atom. The van der Waals surface area contributed by atoms with E-state index in [1.165, 1.54) is 44.5 Å². The van der Waals surface area contributed by atoms with Crippen LogP contribution in [-0.2, 0) is 10.3 Å². The number of ether oxygens (including phenoxy) is 1. The molecule has 2 aromatic rings. The Hall–Kier alpha value is -3.20. The molecule has 2 heterocycles. The normalized spacial score (nSPS) is 26.0. The number of urea groups is 1. The Kier molecular flexibility index (Phi) is 7.07. The molecule has 3 amide bonds. The summed E-state index contributed by atoms with van der Waals surface area (Å²) < 4.78 is 5.22. The average Bonchev–Trinajstić information content (AvgIpc) is 3.12. The zero-order valence-corrected chi connectivity index (χ0v) is 22.2. The highest BCUT2D eigenvalue weighted by Crippen LogP contribution is 2.49. The summed E-state index contributed by atoms with van der Waals surface area (Å²) in [5.41, 5.74) is 1.44. The van der Waals surface area contributed by atoms with Crippen LogP contribution in [-0.4, -0.2) is 83.0 Å². The fourth-order valence-corrected chi connectivity index (χ4v) is 6.44. The number of hydrogen-bond acceptors (Lipinski definition) is 6. The first-order valence-electron chi connectivity index (χ1n) is 13.3. The number of hydrogen-bond donors (Lipinski definition) is 1. The molecule has 1 aromatic heterocycles. The number of anilines is 1. The van der Waals surface area contributed by atoms with E-state index in [0.717, 1.165) is 32.2 Å². The monoisotopic (exact) mass is 506 g/mol. The molecular formula is C28H38N6O3. The van der Waals surface area contributed by atoms with Gasteiger partial charge in [0.2, 0.25) is 11.8 Å². The number of carbonyl (C=O) groups is 2. The molecule has 1 spiro atoms. The summed E-state index contributed by atoms with van der Waals surface area (Å²) >= 11 is 0. The van der Waals surface area contributed by atoms with Crippen molar-refractivity contribution in [2.45, 2.75) is 56.0 Å². The van der Waals surface area contributed by atoms with Crippen molar-refractivity contribution in [2.75, 3.05) is 46.2 Å². The zero-order chi connectivity index (χ0) is 26.0. The number of aromatic nitrogens is 2. The van der Waals surface area contributed by atoms with Gasteiger partial charge in [-0.1, -0.05) is 36.8 Å². The number of nitrogens with zero attached hydrogens (tertiary/aromatic N) is 5. The third-order valence-corrected chi connectivity index (χ3v) is 8.88. The molecule has 0 bridgehead atoms. The Bertz CT molecular complexity index is 1110. The highest BCUT2D eigenvalue weighted by Gasteiger charge is 2.55. The van der Waals surface area contributed by atoms with Crippen molar-refractivity contribution in [3.8, 4) is 5.88 Å². The van der Waals surface area contributed by atoms with Crippen LogP contribution in [0.3, 0.4) is 0 Å². The van der Waals surface area contributed by atoms with Crippen LogP contribution in [0.1, 0.15) is 50.5 Å². The van der Waals surface area contributed by atoms with Gasteiger partial charge in [-0.15, -0.1) is 0 Å². The number of methoxy groups -OCH3 is 1. The molecule has 0 radical (unpaired) electrons. The Morgan fingerprint density at radius 3 is 2.51 bits per heavy atom. The van der Waals surface area contributed by atoms with Crippen LogP contribution >= 0.6 is 0 Å². The van der Waals surface area contributed by atoms with E-state index >= 15 is 0 Å². The van der Waals surface area contributed by atoms with Gasteiger partial charge < -0.3 is 19.9 Å². The van der Waals surface area contributed by atoms with Gasteiger partial charge in [0.15, 0.2) is 0 Å². The summed E-state index contributed by atoms with van der Waals surface area (Å²) in [6.45, 7) is 1.36. The van der Waals surface area contributed by atoms with Crippen molar-refractivity contribution in [3.63, 3.8) is 0 Å². The van der Waals surface area contributed by atoms with Crippen LogP contribution in [0.5, 0.6) is 5.88 Å². The minimum absolute atomic E-state index is 0.00267. The molecular weight excluding hydrogens is 468 g/mol. The van der Waals surface area contributed by atoms with Crippen molar-refractivity contribution >= 4 is 17.6 Å². The molecule has 2 aliphatic carbocycles. The second kappa shape index (κ2) is 10.3. The van der Waals surface area contributed by atoms with Gasteiger partial charge in [0.1, 0.15) is 18.6 Å². The minimum atomic E-state index is -0.273. The quantitative estimate of drug-likeness (QED) is 0.587. The zero-order valence-electron chi connectivity index (χ0n) is 22.2. The predicted octanol–water partition coefficient (Wildman–Crippen LogP) is 3.73. The molecule has 3 fully saturated rings. The smallest absolute Gasteiger partial charge is 0.321 e. The predicted molar refractivity (Wildman–Crippen MR) is 141 cm³/mol. The molecule has 0 unspecified atom stereocenters. The largest absolute Gasteiger partial charge is 0.479 e. The topological polar surface area (TPSA) is 90.9 Å². The Balaban J connectivity index is 1.34. The van der Waals surface area contributed by atoms with Gasteiger partial charge in [0, 0.05) is 18.6 Å². The first kappa shape index (κ1) is 25.4. The highest BCUT2D eigenvalue weighted by molar-refractivity contribution is 5.95. The summed E-state index contributed by atoms with van der Waals surface area (Å²) in [7, 11) is 5.82. The molecule has 1 N–H and O–H groups in total. The molecule has 1 aromatic carbocycles. The molecule has 1 saturated heterocycles. The third-order valence-electron chi connectivity index (χ3n) is 8.88. The van der Waals surface area contributed by atoms with Gasteiger partial charge in [-0.2, -0.15) is 4.98 Å². The maximum atomic E-state index is 13.7. The van der Waals surface area contributed by atoms with E-state index in [1.807, 2.05) is 0 Å². The SMILES string of the molecule is COc1ncncc1NC(=O)CN1C[C@]2(CC[C@@](c3ccccc3)(N(C)C)CC2)N(CC2CCC2)C1=O. The van der Waals surface area contributed by atoms with Crippen LogP contribution in [0.4, 0.5) is 10.5 Å².